The molecule has 4 rings (SSSR count). The van der Waals surface area contributed by atoms with E-state index in [-0.39, 0.29) is 11.9 Å². The van der Waals surface area contributed by atoms with Gasteiger partial charge < -0.3 is 9.47 Å². The summed E-state index contributed by atoms with van der Waals surface area (Å²) in [4.78, 5) is 27.1. The number of esters is 1. The molecular weight excluding hydrogens is 490 g/mol. The van der Waals surface area contributed by atoms with Crippen LogP contribution >= 0.6 is 0 Å². The van der Waals surface area contributed by atoms with E-state index in [1.165, 1.54) is 7.11 Å². The summed E-state index contributed by atoms with van der Waals surface area (Å²) < 4.78 is 12.5. The number of fused-ring (bicyclic) bond motifs is 1. The summed E-state index contributed by atoms with van der Waals surface area (Å²) in [5.74, 6) is 2.33. The van der Waals surface area contributed by atoms with Crippen molar-refractivity contribution in [3.05, 3.63) is 83.7 Å². The Morgan fingerprint density at radius 2 is 1.82 bits per heavy atom. The molecule has 0 bridgehead atoms. The Morgan fingerprint density at radius 3 is 2.41 bits per heavy atom. The third-order valence-electron chi connectivity index (χ3n) is 6.13. The minimum atomic E-state index is -0.358. The maximum atomic E-state index is 11.8. The second-order valence-corrected chi connectivity index (χ2v) is 9.92. The highest BCUT2D eigenvalue weighted by Gasteiger charge is 2.30. The molecule has 206 valence electrons. The third-order valence-corrected chi connectivity index (χ3v) is 6.13. The maximum Gasteiger partial charge on any atom is 0.337 e. The van der Waals surface area contributed by atoms with Gasteiger partial charge in [-0.15, -0.1) is 0 Å². The van der Waals surface area contributed by atoms with Gasteiger partial charge in [0.25, 0.3) is 0 Å². The third kappa shape index (κ3) is 8.77. The number of methoxy groups -OCH3 is 1. The van der Waals surface area contributed by atoms with Gasteiger partial charge in [0.1, 0.15) is 24.0 Å². The fourth-order valence-electron chi connectivity index (χ4n) is 3.82. The fourth-order valence-corrected chi connectivity index (χ4v) is 3.82. The summed E-state index contributed by atoms with van der Waals surface area (Å²) in [6, 6.07) is 13.8. The first-order valence-corrected chi connectivity index (χ1v) is 13.4. The van der Waals surface area contributed by atoms with Crippen molar-refractivity contribution in [3.8, 4) is 17.0 Å². The van der Waals surface area contributed by atoms with Crippen LogP contribution in [0.2, 0.25) is 0 Å². The van der Waals surface area contributed by atoms with Gasteiger partial charge in [-0.3, -0.25) is 4.79 Å². The van der Waals surface area contributed by atoms with Crippen LogP contribution in [0.15, 0.2) is 77.9 Å². The number of pyridine rings is 1. The van der Waals surface area contributed by atoms with Crippen molar-refractivity contribution < 1.29 is 19.1 Å². The van der Waals surface area contributed by atoms with E-state index in [1.807, 2.05) is 93.8 Å². The number of ether oxygens (including phenoxy) is 2. The fraction of sp³-hybridized carbons (Fsp3) is 0.375. The smallest absolute Gasteiger partial charge is 0.337 e. The van der Waals surface area contributed by atoms with Gasteiger partial charge in [0.2, 0.25) is 0 Å². The largest absolute Gasteiger partial charge is 0.489 e. The highest BCUT2D eigenvalue weighted by molar-refractivity contribution is 5.91. The Bertz CT molecular complexity index is 1360. The van der Waals surface area contributed by atoms with E-state index in [2.05, 4.69) is 10.1 Å². The summed E-state index contributed by atoms with van der Waals surface area (Å²) in [5, 5.41) is 4.47. The number of Topliss-reactive ketones (excluding diaryl/α,β-unsaturated/α-hetero) is 1. The zero-order valence-corrected chi connectivity index (χ0v) is 23.8. The lowest BCUT2D eigenvalue weighted by Crippen LogP contribution is -2.08. The van der Waals surface area contributed by atoms with Crippen molar-refractivity contribution >= 4 is 17.4 Å². The molecule has 0 amide bonds. The van der Waals surface area contributed by atoms with Crippen LogP contribution in [0.25, 0.3) is 16.9 Å². The van der Waals surface area contributed by atoms with E-state index in [0.717, 1.165) is 53.3 Å². The molecule has 1 fully saturated rings. The second-order valence-electron chi connectivity index (χ2n) is 9.92. The number of benzene rings is 1. The van der Waals surface area contributed by atoms with E-state index < -0.39 is 0 Å². The minimum Gasteiger partial charge on any atom is -0.489 e. The first-order valence-electron chi connectivity index (χ1n) is 13.4. The second kappa shape index (κ2) is 14.2. The summed E-state index contributed by atoms with van der Waals surface area (Å²) >= 11 is 0. The number of carbonyl (C=O) groups is 2. The van der Waals surface area contributed by atoms with Crippen LogP contribution in [0.4, 0.5) is 0 Å². The van der Waals surface area contributed by atoms with Gasteiger partial charge in [-0.05, 0) is 81.2 Å². The van der Waals surface area contributed by atoms with Gasteiger partial charge in [-0.2, -0.15) is 5.10 Å². The quantitative estimate of drug-likeness (QED) is 0.165. The summed E-state index contributed by atoms with van der Waals surface area (Å²) in [6.07, 6.45) is 10.5. The molecule has 0 N–H and O–H groups in total. The Balaban J connectivity index is 0.000000449. The highest BCUT2D eigenvalue weighted by atomic mass is 16.5. The van der Waals surface area contributed by atoms with E-state index >= 15 is 0 Å². The molecule has 7 heteroatoms. The first-order chi connectivity index (χ1) is 18.7. The Kier molecular flexibility index (Phi) is 10.8. The monoisotopic (exact) mass is 529 g/mol. The van der Waals surface area contributed by atoms with Gasteiger partial charge >= 0.3 is 5.97 Å². The van der Waals surface area contributed by atoms with Crippen LogP contribution in [0.3, 0.4) is 0 Å². The van der Waals surface area contributed by atoms with Crippen molar-refractivity contribution in [3.63, 3.8) is 0 Å². The number of aromatic nitrogens is 3. The van der Waals surface area contributed by atoms with Crippen LogP contribution in [-0.4, -0.2) is 40.1 Å². The lowest BCUT2D eigenvalue weighted by molar-refractivity contribution is -0.135. The zero-order chi connectivity index (χ0) is 28.4. The van der Waals surface area contributed by atoms with Crippen LogP contribution in [0, 0.1) is 18.8 Å². The van der Waals surface area contributed by atoms with Gasteiger partial charge in [0, 0.05) is 17.4 Å². The number of carbonyl (C=O) groups excluding carboxylic acids is 2. The van der Waals surface area contributed by atoms with Gasteiger partial charge in [0.05, 0.1) is 18.4 Å². The van der Waals surface area contributed by atoms with Gasteiger partial charge in [-0.1, -0.05) is 45.1 Å². The molecule has 0 saturated heterocycles. The van der Waals surface area contributed by atoms with Crippen molar-refractivity contribution in [1.82, 2.24) is 14.6 Å². The predicted octanol–water partition coefficient (Wildman–Crippen LogP) is 6.72. The van der Waals surface area contributed by atoms with Crippen molar-refractivity contribution in [2.45, 2.75) is 53.9 Å². The van der Waals surface area contributed by atoms with E-state index in [4.69, 9.17) is 9.47 Å². The molecule has 1 aromatic carbocycles. The molecule has 1 aliphatic carbocycles. The molecule has 7 nitrogen and oxygen atoms in total. The first kappa shape index (κ1) is 29.6. The minimum absolute atomic E-state index is 0.266. The Labute approximate surface area is 231 Å². The average molecular weight is 530 g/mol. The number of hydrogen-bond donors (Lipinski definition) is 0. The highest BCUT2D eigenvalue weighted by Crippen LogP contribution is 2.32. The molecule has 3 aromatic rings. The summed E-state index contributed by atoms with van der Waals surface area (Å²) in [7, 11) is 1.38. The number of ketones is 1. The van der Waals surface area contributed by atoms with Crippen LogP contribution in [0.5, 0.6) is 5.75 Å². The normalized spacial score (nSPS) is 13.9. The molecule has 39 heavy (non-hydrogen) atoms. The molecule has 0 spiro atoms. The Morgan fingerprint density at radius 1 is 1.10 bits per heavy atom. The van der Waals surface area contributed by atoms with Crippen LogP contribution < -0.4 is 4.74 Å². The standard InChI is InChI=1S/C25H27N3O3.C7H12O/c1-5-6-8-21(25(29)30-4)12-11-18(2)17-31-22-15-13-20(14-16-22)23-9-7-10-24-26-19(3)27-28(23)24;1-5(2)7(8)6-3-4-6/h6-16H,5,17H2,1-4H3;5-6H,3-4H2,1-2H3/b8-6+,18-11+,21-12+;. The van der Waals surface area contributed by atoms with E-state index in [1.54, 1.807) is 12.2 Å². The van der Waals surface area contributed by atoms with Crippen LogP contribution in [0.1, 0.15) is 52.8 Å². The molecule has 1 aliphatic rings. The maximum absolute atomic E-state index is 11.8. The topological polar surface area (TPSA) is 82.8 Å². The van der Waals surface area contributed by atoms with Crippen molar-refractivity contribution in [2.75, 3.05) is 13.7 Å². The average Bonchev–Trinajstić information content (AvgIpc) is 3.71. The molecule has 0 unspecified atom stereocenters. The summed E-state index contributed by atoms with van der Waals surface area (Å²) in [5.41, 5.74) is 4.32. The van der Waals surface area contributed by atoms with Gasteiger partial charge in [0.15, 0.2) is 5.65 Å². The molecule has 0 aliphatic heterocycles. The van der Waals surface area contributed by atoms with Crippen LogP contribution in [-0.2, 0) is 14.3 Å². The number of allylic oxidation sites excluding steroid dienone is 3. The zero-order valence-electron chi connectivity index (χ0n) is 23.8. The summed E-state index contributed by atoms with van der Waals surface area (Å²) in [6.45, 7) is 10.2. The Hall–Kier alpha value is -4.00. The molecule has 0 atom stereocenters. The lowest BCUT2D eigenvalue weighted by atomic mass is 10.1. The molecule has 0 radical (unpaired) electrons. The number of aryl methyl sites for hydroxylation is 1. The van der Waals surface area contributed by atoms with Gasteiger partial charge in [-0.25, -0.2) is 14.3 Å². The lowest BCUT2D eigenvalue weighted by Gasteiger charge is -2.08. The number of nitrogens with zero attached hydrogens (tertiary/aromatic N) is 3. The number of rotatable bonds is 10. The van der Waals surface area contributed by atoms with Crippen molar-refractivity contribution in [2.24, 2.45) is 11.8 Å². The molecular formula is C32H39N3O4. The van der Waals surface area contributed by atoms with E-state index in [9.17, 15) is 9.59 Å². The number of hydrogen-bond acceptors (Lipinski definition) is 6. The van der Waals surface area contributed by atoms with Crippen molar-refractivity contribution in [1.29, 1.82) is 0 Å². The SMILES string of the molecule is CC(C)C(=O)C1CC1.CC/C=C/C(=C\C=C(/C)COc1ccc(-c2cccc3nc(C)nn23)cc1)C(=O)OC. The molecule has 2 aromatic heterocycles. The molecule has 2 heterocycles. The predicted molar refractivity (Wildman–Crippen MR) is 155 cm³/mol. The molecule has 1 saturated carbocycles. The van der Waals surface area contributed by atoms with E-state index in [0.29, 0.717) is 23.9 Å².